The molecule has 0 spiro atoms. The standard InChI is InChI=1S/C18H21N5O5/c1-21-11-22(7-8-28-2)18(27)14-16(25)15(24)13(10-23(14)21)17(26)20-9-12-3-5-19-6-4-12/h3-6,10,25H,7-9,11H2,1-2H3,(H,20,26). The summed E-state index contributed by atoms with van der Waals surface area (Å²) < 4.78 is 6.31. The highest BCUT2D eigenvalue weighted by atomic mass is 16.5. The van der Waals surface area contributed by atoms with E-state index in [4.69, 9.17) is 4.74 Å². The molecule has 2 N–H and O–H groups in total. The summed E-state index contributed by atoms with van der Waals surface area (Å²) in [4.78, 5) is 43.0. The molecule has 10 nitrogen and oxygen atoms in total. The Labute approximate surface area is 160 Å². The molecular weight excluding hydrogens is 366 g/mol. The Morgan fingerprint density at radius 2 is 2.04 bits per heavy atom. The Bertz CT molecular complexity index is 943. The number of nitrogens with one attached hydrogen (secondary N) is 1. The van der Waals surface area contributed by atoms with Gasteiger partial charge in [-0.3, -0.25) is 29.1 Å². The van der Waals surface area contributed by atoms with Crippen LogP contribution in [0.25, 0.3) is 0 Å². The first-order valence-corrected chi connectivity index (χ1v) is 8.59. The maximum Gasteiger partial charge on any atom is 0.277 e. The Morgan fingerprint density at radius 3 is 2.71 bits per heavy atom. The van der Waals surface area contributed by atoms with Crippen molar-refractivity contribution in [2.24, 2.45) is 0 Å². The number of ether oxygens (including phenoxy) is 1. The van der Waals surface area contributed by atoms with Crippen LogP contribution in [0.15, 0.2) is 35.5 Å². The van der Waals surface area contributed by atoms with Gasteiger partial charge in [0, 0.05) is 45.8 Å². The van der Waals surface area contributed by atoms with Crippen molar-refractivity contribution in [3.63, 3.8) is 0 Å². The van der Waals surface area contributed by atoms with Gasteiger partial charge in [0.15, 0.2) is 11.4 Å². The summed E-state index contributed by atoms with van der Waals surface area (Å²) in [5, 5.41) is 14.6. The fourth-order valence-corrected chi connectivity index (χ4v) is 2.90. The highest BCUT2D eigenvalue weighted by molar-refractivity contribution is 5.99. The van der Waals surface area contributed by atoms with Crippen LogP contribution in [0.2, 0.25) is 0 Å². The Balaban J connectivity index is 1.89. The molecule has 2 aromatic rings. The van der Waals surface area contributed by atoms with Gasteiger partial charge in [0.05, 0.1) is 6.61 Å². The largest absolute Gasteiger partial charge is 0.502 e. The van der Waals surface area contributed by atoms with Gasteiger partial charge in [-0.25, -0.2) is 0 Å². The van der Waals surface area contributed by atoms with E-state index in [2.05, 4.69) is 10.3 Å². The molecule has 2 aromatic heterocycles. The lowest BCUT2D eigenvalue weighted by Gasteiger charge is -2.37. The molecule has 0 saturated heterocycles. The molecule has 1 aliphatic heterocycles. The lowest BCUT2D eigenvalue weighted by atomic mass is 10.1. The lowest BCUT2D eigenvalue weighted by Crippen LogP contribution is -2.53. The van der Waals surface area contributed by atoms with Crippen LogP contribution in [-0.4, -0.2) is 65.5 Å². The van der Waals surface area contributed by atoms with Crippen molar-refractivity contribution in [2.45, 2.75) is 6.54 Å². The fourth-order valence-electron chi connectivity index (χ4n) is 2.90. The molecule has 0 unspecified atom stereocenters. The first kappa shape index (κ1) is 19.4. The predicted octanol–water partition coefficient (Wildman–Crippen LogP) is -0.494. The van der Waals surface area contributed by atoms with E-state index in [0.717, 1.165) is 5.56 Å². The zero-order valence-electron chi connectivity index (χ0n) is 15.6. The summed E-state index contributed by atoms with van der Waals surface area (Å²) in [6.07, 6.45) is 4.46. The average Bonchev–Trinajstić information content (AvgIpc) is 2.70. The maximum absolute atomic E-state index is 12.7. The van der Waals surface area contributed by atoms with E-state index in [1.54, 1.807) is 36.6 Å². The first-order chi connectivity index (χ1) is 13.4. The monoisotopic (exact) mass is 387 g/mol. The number of hydrogen-bond donors (Lipinski definition) is 2. The van der Waals surface area contributed by atoms with E-state index in [9.17, 15) is 19.5 Å². The molecule has 0 aliphatic carbocycles. The molecule has 0 bridgehead atoms. The van der Waals surface area contributed by atoms with Gasteiger partial charge in [0.2, 0.25) is 5.43 Å². The predicted molar refractivity (Wildman–Crippen MR) is 99.7 cm³/mol. The number of pyridine rings is 2. The molecule has 3 heterocycles. The molecule has 0 fully saturated rings. The highest BCUT2D eigenvalue weighted by Crippen LogP contribution is 2.20. The van der Waals surface area contributed by atoms with Gasteiger partial charge in [0.25, 0.3) is 11.8 Å². The van der Waals surface area contributed by atoms with Crippen LogP contribution in [0.3, 0.4) is 0 Å². The number of nitrogens with zero attached hydrogens (tertiary/aromatic N) is 4. The Hall–Kier alpha value is -3.40. The quantitative estimate of drug-likeness (QED) is 0.687. The lowest BCUT2D eigenvalue weighted by molar-refractivity contribution is 0.0629. The summed E-state index contributed by atoms with van der Waals surface area (Å²) >= 11 is 0. The summed E-state index contributed by atoms with van der Waals surface area (Å²) in [7, 11) is 3.20. The van der Waals surface area contributed by atoms with Gasteiger partial charge in [-0.15, -0.1) is 0 Å². The number of fused-ring (bicyclic) bond motifs is 1. The molecule has 2 amide bonds. The Morgan fingerprint density at radius 1 is 1.32 bits per heavy atom. The van der Waals surface area contributed by atoms with E-state index in [0.29, 0.717) is 13.2 Å². The highest BCUT2D eigenvalue weighted by Gasteiger charge is 2.32. The number of rotatable bonds is 6. The number of aromatic nitrogens is 2. The summed E-state index contributed by atoms with van der Waals surface area (Å²) in [6, 6.07) is 3.47. The van der Waals surface area contributed by atoms with Crippen LogP contribution in [0.5, 0.6) is 5.75 Å². The second kappa shape index (κ2) is 8.09. The van der Waals surface area contributed by atoms with Crippen LogP contribution < -0.4 is 15.8 Å². The third-order valence-electron chi connectivity index (χ3n) is 4.41. The topological polar surface area (TPSA) is 117 Å². The first-order valence-electron chi connectivity index (χ1n) is 8.59. The van der Waals surface area contributed by atoms with E-state index < -0.39 is 23.0 Å². The maximum atomic E-state index is 12.7. The van der Waals surface area contributed by atoms with Gasteiger partial charge in [-0.05, 0) is 17.7 Å². The van der Waals surface area contributed by atoms with E-state index >= 15 is 0 Å². The molecule has 0 aromatic carbocycles. The summed E-state index contributed by atoms with van der Waals surface area (Å²) in [6.45, 7) is 1.04. The molecule has 0 radical (unpaired) electrons. The number of amides is 2. The molecule has 3 rings (SSSR count). The van der Waals surface area contributed by atoms with Crippen molar-refractivity contribution in [1.29, 1.82) is 0 Å². The van der Waals surface area contributed by atoms with Crippen molar-refractivity contribution in [2.75, 3.05) is 39.0 Å². The number of aromatic hydroxyl groups is 1. The van der Waals surface area contributed by atoms with Gasteiger partial charge < -0.3 is 20.1 Å². The normalized spacial score (nSPS) is 13.4. The van der Waals surface area contributed by atoms with Crippen molar-refractivity contribution in [3.8, 4) is 5.75 Å². The second-order valence-electron chi connectivity index (χ2n) is 6.31. The molecular formula is C18H21N5O5. The van der Waals surface area contributed by atoms with Crippen LogP contribution in [0.4, 0.5) is 0 Å². The van der Waals surface area contributed by atoms with Crippen molar-refractivity contribution >= 4 is 11.8 Å². The van der Waals surface area contributed by atoms with Crippen LogP contribution >= 0.6 is 0 Å². The van der Waals surface area contributed by atoms with Crippen molar-refractivity contribution in [1.82, 2.24) is 19.9 Å². The van der Waals surface area contributed by atoms with Crippen LogP contribution in [-0.2, 0) is 11.3 Å². The van der Waals surface area contributed by atoms with Gasteiger partial charge in [0.1, 0.15) is 12.2 Å². The van der Waals surface area contributed by atoms with E-state index in [1.165, 1.54) is 22.9 Å². The number of hydrogen-bond acceptors (Lipinski definition) is 7. The Kier molecular flexibility index (Phi) is 5.59. The molecule has 148 valence electrons. The fraction of sp³-hybridized carbons (Fsp3) is 0.333. The summed E-state index contributed by atoms with van der Waals surface area (Å²) in [5.41, 5.74) is -0.513. The minimum atomic E-state index is -0.895. The van der Waals surface area contributed by atoms with Gasteiger partial charge in [-0.1, -0.05) is 0 Å². The molecule has 10 heteroatoms. The SMILES string of the molecule is COCCN1CN(C)n2cc(C(=O)NCc3ccncc3)c(=O)c(O)c2C1=O. The van der Waals surface area contributed by atoms with Crippen LogP contribution in [0.1, 0.15) is 26.4 Å². The molecule has 1 aliphatic rings. The molecule has 0 saturated carbocycles. The minimum Gasteiger partial charge on any atom is -0.502 e. The third-order valence-corrected chi connectivity index (χ3v) is 4.41. The average molecular weight is 387 g/mol. The van der Waals surface area contributed by atoms with Crippen molar-refractivity contribution < 1.29 is 19.4 Å². The number of carbonyl (C=O) groups excluding carboxylic acids is 2. The second-order valence-corrected chi connectivity index (χ2v) is 6.31. The third kappa shape index (κ3) is 3.67. The molecule has 28 heavy (non-hydrogen) atoms. The smallest absolute Gasteiger partial charge is 0.277 e. The zero-order valence-corrected chi connectivity index (χ0v) is 15.6. The zero-order chi connectivity index (χ0) is 20.3. The summed E-state index contributed by atoms with van der Waals surface area (Å²) in [5.74, 6) is -1.90. The number of methoxy groups -OCH3 is 1. The van der Waals surface area contributed by atoms with E-state index in [-0.39, 0.29) is 24.5 Å². The van der Waals surface area contributed by atoms with Gasteiger partial charge >= 0.3 is 0 Å². The minimum absolute atomic E-state index is 0.180. The van der Waals surface area contributed by atoms with E-state index in [1.807, 2.05) is 0 Å². The molecule has 0 atom stereocenters. The number of carbonyl (C=O) groups is 2. The van der Waals surface area contributed by atoms with Crippen molar-refractivity contribution in [3.05, 3.63) is 57.8 Å². The van der Waals surface area contributed by atoms with Gasteiger partial charge in [-0.2, -0.15) is 0 Å². The van der Waals surface area contributed by atoms with Crippen LogP contribution in [0, 0.1) is 0 Å².